The van der Waals surface area contributed by atoms with E-state index in [4.69, 9.17) is 16.3 Å². The molecule has 0 atom stereocenters. The fraction of sp³-hybridized carbons (Fsp3) is 0.0417. The van der Waals surface area contributed by atoms with E-state index in [1.807, 2.05) is 24.3 Å². The van der Waals surface area contributed by atoms with Crippen molar-refractivity contribution in [3.05, 3.63) is 92.8 Å². The largest absolute Gasteiger partial charge is 0.484 e. The minimum atomic E-state index is -0.255. The smallest absolute Gasteiger partial charge is 0.264 e. The van der Waals surface area contributed by atoms with E-state index in [0.29, 0.717) is 32.2 Å². The standard InChI is InChI=1S/C24H17BrClN3O3S/c25-16-3-7-18(8-4-16)27-22(30)14-32-20-11-1-15(2-12-20)13-21-23(31)29-24(33-21)28-19-9-5-17(26)6-10-19/h1-13H,14H2,(H,27,30)(H,28,29,31)/b21-13-. The number of hydrogen-bond donors (Lipinski definition) is 2. The van der Waals surface area contributed by atoms with Crippen LogP contribution in [0.25, 0.3) is 6.08 Å². The lowest BCUT2D eigenvalue weighted by atomic mass is 10.2. The summed E-state index contributed by atoms with van der Waals surface area (Å²) in [4.78, 5) is 29.3. The maximum Gasteiger partial charge on any atom is 0.264 e. The van der Waals surface area contributed by atoms with Crippen molar-refractivity contribution in [2.45, 2.75) is 0 Å². The SMILES string of the molecule is O=C(COc1ccc(/C=C2\SC(=Nc3ccc(Cl)cc3)NC2=O)cc1)Nc1ccc(Br)cc1. The summed E-state index contributed by atoms with van der Waals surface area (Å²) < 4.78 is 6.48. The molecular formula is C24H17BrClN3O3S. The number of amides is 2. The molecular weight excluding hydrogens is 526 g/mol. The number of anilines is 1. The number of aliphatic imine (C=N–C) groups is 1. The van der Waals surface area contributed by atoms with Gasteiger partial charge in [-0.2, -0.15) is 0 Å². The van der Waals surface area contributed by atoms with Crippen LogP contribution in [0, 0.1) is 0 Å². The van der Waals surface area contributed by atoms with Crippen LogP contribution >= 0.6 is 39.3 Å². The van der Waals surface area contributed by atoms with Gasteiger partial charge in [-0.05, 0) is 84.1 Å². The van der Waals surface area contributed by atoms with Gasteiger partial charge in [0, 0.05) is 15.2 Å². The number of hydrogen-bond acceptors (Lipinski definition) is 5. The highest BCUT2D eigenvalue weighted by Gasteiger charge is 2.23. The number of nitrogens with zero attached hydrogens (tertiary/aromatic N) is 1. The molecule has 3 aromatic carbocycles. The minimum Gasteiger partial charge on any atom is -0.484 e. The quantitative estimate of drug-likeness (QED) is 0.374. The number of carbonyl (C=O) groups excluding carboxylic acids is 2. The minimum absolute atomic E-state index is 0.112. The Balaban J connectivity index is 1.33. The summed E-state index contributed by atoms with van der Waals surface area (Å²) in [7, 11) is 0. The molecule has 1 aliphatic rings. The van der Waals surface area contributed by atoms with E-state index in [1.54, 1.807) is 54.6 Å². The van der Waals surface area contributed by atoms with Crippen LogP contribution in [0.1, 0.15) is 5.56 Å². The monoisotopic (exact) mass is 541 g/mol. The third-order valence-corrected chi connectivity index (χ3v) is 6.07. The van der Waals surface area contributed by atoms with Crippen molar-refractivity contribution in [2.24, 2.45) is 4.99 Å². The first-order chi connectivity index (χ1) is 15.9. The predicted octanol–water partition coefficient (Wildman–Crippen LogP) is 6.01. The first-order valence-corrected chi connectivity index (χ1v) is 11.8. The van der Waals surface area contributed by atoms with E-state index in [-0.39, 0.29) is 18.4 Å². The summed E-state index contributed by atoms with van der Waals surface area (Å²) in [5, 5.41) is 6.65. The Morgan fingerprint density at radius 1 is 1.06 bits per heavy atom. The summed E-state index contributed by atoms with van der Waals surface area (Å²) in [6.07, 6.45) is 1.77. The lowest BCUT2D eigenvalue weighted by Crippen LogP contribution is -2.20. The lowest BCUT2D eigenvalue weighted by Gasteiger charge is -2.08. The molecule has 0 spiro atoms. The first-order valence-electron chi connectivity index (χ1n) is 9.78. The fourth-order valence-electron chi connectivity index (χ4n) is 2.80. The van der Waals surface area contributed by atoms with E-state index < -0.39 is 0 Å². The van der Waals surface area contributed by atoms with E-state index in [0.717, 1.165) is 10.0 Å². The second-order valence-corrected chi connectivity index (χ2v) is 9.25. The number of benzene rings is 3. The Morgan fingerprint density at radius 3 is 2.45 bits per heavy atom. The number of thioether (sulfide) groups is 1. The summed E-state index contributed by atoms with van der Waals surface area (Å²) >= 11 is 10.5. The van der Waals surface area contributed by atoms with Gasteiger partial charge < -0.3 is 15.4 Å². The summed E-state index contributed by atoms with van der Waals surface area (Å²) in [5.74, 6) is 0.0873. The molecule has 166 valence electrons. The molecule has 0 aromatic heterocycles. The molecule has 2 N–H and O–H groups in total. The van der Waals surface area contributed by atoms with Gasteiger partial charge in [0.2, 0.25) is 0 Å². The van der Waals surface area contributed by atoms with Gasteiger partial charge in [0.15, 0.2) is 11.8 Å². The van der Waals surface area contributed by atoms with Gasteiger partial charge in [0.25, 0.3) is 11.8 Å². The van der Waals surface area contributed by atoms with E-state index >= 15 is 0 Å². The van der Waals surface area contributed by atoms with Crippen molar-refractivity contribution < 1.29 is 14.3 Å². The average Bonchev–Trinajstić information content (AvgIpc) is 3.15. The van der Waals surface area contributed by atoms with E-state index in [9.17, 15) is 9.59 Å². The maximum atomic E-state index is 12.3. The molecule has 2 amide bonds. The molecule has 0 aliphatic carbocycles. The molecule has 9 heteroatoms. The molecule has 0 unspecified atom stereocenters. The van der Waals surface area contributed by atoms with Gasteiger partial charge in [0.1, 0.15) is 5.75 Å². The van der Waals surface area contributed by atoms with Gasteiger partial charge in [-0.3, -0.25) is 9.59 Å². The molecule has 4 rings (SSSR count). The zero-order valence-electron chi connectivity index (χ0n) is 17.0. The number of ether oxygens (including phenoxy) is 1. The highest BCUT2D eigenvalue weighted by Crippen LogP contribution is 2.29. The first kappa shape index (κ1) is 23.1. The summed E-state index contributed by atoms with van der Waals surface area (Å²) in [6, 6.07) is 21.5. The normalized spacial score (nSPS) is 15.5. The van der Waals surface area contributed by atoms with Crippen molar-refractivity contribution in [1.82, 2.24) is 5.32 Å². The van der Waals surface area contributed by atoms with E-state index in [1.165, 1.54) is 11.8 Å². The number of amidine groups is 1. The molecule has 0 bridgehead atoms. The highest BCUT2D eigenvalue weighted by molar-refractivity contribution is 9.10. The predicted molar refractivity (Wildman–Crippen MR) is 137 cm³/mol. The molecule has 1 fully saturated rings. The molecule has 1 heterocycles. The number of nitrogens with one attached hydrogen (secondary N) is 2. The second kappa shape index (κ2) is 10.7. The molecule has 6 nitrogen and oxygen atoms in total. The van der Waals surface area contributed by atoms with Crippen LogP contribution in [-0.2, 0) is 9.59 Å². The van der Waals surface area contributed by atoms with E-state index in [2.05, 4.69) is 31.6 Å². The van der Waals surface area contributed by atoms with Crippen LogP contribution in [-0.4, -0.2) is 23.6 Å². The number of halogens is 2. The zero-order valence-corrected chi connectivity index (χ0v) is 20.2. The summed E-state index contributed by atoms with van der Waals surface area (Å²) in [6.45, 7) is -0.112. The Morgan fingerprint density at radius 2 is 1.76 bits per heavy atom. The zero-order chi connectivity index (χ0) is 23.2. The number of carbonyl (C=O) groups is 2. The van der Waals surface area contributed by atoms with Gasteiger partial charge in [-0.15, -0.1) is 0 Å². The van der Waals surface area contributed by atoms with Gasteiger partial charge >= 0.3 is 0 Å². The topological polar surface area (TPSA) is 79.8 Å². The van der Waals surface area contributed by atoms with Gasteiger partial charge in [-0.25, -0.2) is 4.99 Å². The van der Waals surface area contributed by atoms with Crippen molar-refractivity contribution in [1.29, 1.82) is 0 Å². The molecule has 1 aliphatic heterocycles. The van der Waals surface area contributed by atoms with Crippen LogP contribution < -0.4 is 15.4 Å². The van der Waals surface area contributed by atoms with Crippen molar-refractivity contribution in [3.8, 4) is 5.75 Å². The molecule has 0 radical (unpaired) electrons. The lowest BCUT2D eigenvalue weighted by molar-refractivity contribution is -0.118. The molecule has 0 saturated carbocycles. The van der Waals surface area contributed by atoms with Crippen LogP contribution in [0.5, 0.6) is 5.75 Å². The van der Waals surface area contributed by atoms with Crippen molar-refractivity contribution >= 4 is 73.7 Å². The number of rotatable bonds is 6. The average molecular weight is 543 g/mol. The van der Waals surface area contributed by atoms with Crippen LogP contribution in [0.3, 0.4) is 0 Å². The van der Waals surface area contributed by atoms with Crippen LogP contribution in [0.2, 0.25) is 5.02 Å². The molecule has 1 saturated heterocycles. The van der Waals surface area contributed by atoms with Crippen LogP contribution in [0.4, 0.5) is 11.4 Å². The maximum absolute atomic E-state index is 12.3. The van der Waals surface area contributed by atoms with Gasteiger partial charge in [-0.1, -0.05) is 39.7 Å². The Bertz CT molecular complexity index is 1230. The molecule has 3 aromatic rings. The van der Waals surface area contributed by atoms with Gasteiger partial charge in [0.05, 0.1) is 10.6 Å². The third kappa shape index (κ3) is 6.71. The van der Waals surface area contributed by atoms with Crippen molar-refractivity contribution in [2.75, 3.05) is 11.9 Å². The second-order valence-electron chi connectivity index (χ2n) is 6.87. The fourth-order valence-corrected chi connectivity index (χ4v) is 4.04. The molecule has 33 heavy (non-hydrogen) atoms. The van der Waals surface area contributed by atoms with Crippen molar-refractivity contribution in [3.63, 3.8) is 0 Å². The Hall–Kier alpha value is -3.07. The Labute approximate surface area is 208 Å². The van der Waals surface area contributed by atoms with Crippen LogP contribution in [0.15, 0.2) is 87.2 Å². The highest BCUT2D eigenvalue weighted by atomic mass is 79.9. The third-order valence-electron chi connectivity index (χ3n) is 4.38. The Kier molecular flexibility index (Phi) is 7.49. The summed E-state index contributed by atoms with van der Waals surface area (Å²) in [5.41, 5.74) is 2.22.